The maximum absolute atomic E-state index is 14.7. The normalized spacial score (nSPS) is 15.6. The molecule has 119 heavy (non-hydrogen) atoms. The molecule has 0 spiro atoms. The van der Waals surface area contributed by atoms with E-state index < -0.39 is 223 Å². The lowest BCUT2D eigenvalue weighted by Crippen LogP contribution is -2.64. The Morgan fingerprint density at radius 1 is 0.445 bits per heavy atom. The second-order valence-electron chi connectivity index (χ2n) is 30.4. The molecule has 46 heteroatoms. The molecule has 34 N–H and O–H groups in total. The number of imidazole rings is 1. The molecule has 0 saturated carbocycles. The molecule has 0 unspecified atom stereocenters. The number of amides is 15. The molecular weight excluding hydrogens is 1580 g/mol. The van der Waals surface area contributed by atoms with Gasteiger partial charge in [-0.1, -0.05) is 61.8 Å². The van der Waals surface area contributed by atoms with E-state index in [0.29, 0.717) is 12.2 Å². The number of guanidine groups is 2. The number of rotatable bonds is 60. The van der Waals surface area contributed by atoms with Gasteiger partial charge in [-0.25, -0.2) is 9.78 Å². The number of nitrogens with two attached hydrogens (primary N) is 8. The molecule has 0 fully saturated rings. The lowest BCUT2D eigenvalue weighted by Gasteiger charge is -2.31. The fraction of sp³-hybridized carbons (Fsp3) is 0.712. The molecule has 45 nitrogen and oxygen atoms in total. The molecule has 17 atom stereocenters. The Kier molecular flexibility index (Phi) is 50.1. The van der Waals surface area contributed by atoms with Crippen molar-refractivity contribution >= 4 is 118 Å². The molecule has 0 bridgehead atoms. The number of aliphatic hydroxyl groups excluding tert-OH is 3. The van der Waals surface area contributed by atoms with Gasteiger partial charge in [-0.05, 0) is 133 Å². The number of carboxylic acids is 1. The zero-order chi connectivity index (χ0) is 90.5. The van der Waals surface area contributed by atoms with Crippen molar-refractivity contribution in [2.45, 2.75) is 269 Å². The van der Waals surface area contributed by atoms with Crippen LogP contribution in [-0.2, 0) is 83.1 Å². The van der Waals surface area contributed by atoms with Crippen LogP contribution in [0.1, 0.15) is 171 Å². The Balaban J connectivity index is 3.77. The van der Waals surface area contributed by atoms with E-state index in [1.165, 1.54) is 24.3 Å². The quantitative estimate of drug-likeness (QED) is 0.0164. The third-order valence-corrected chi connectivity index (χ3v) is 19.0. The number of H-pyrrole nitrogens is 1. The third-order valence-electron chi connectivity index (χ3n) is 18.4. The minimum Gasteiger partial charge on any atom is -0.480 e. The SMILES string of the molecule is CC[C@H](C)[C@H](NC(=O)[C@@H](NC(=O)[C@@H](NC(=O)[C@H](CCCN=C(N)N)NC(=O)[C@H](CCCCN)NC(=O)[C@H](CO)NC(=O)[C@H](CCC(N)=O)NC(=O)[C@H](Cc1cnc[nH]1)NC(=O)[C@H](CC(C)C)NC(=O)[C@H](CCCN=C(N)N)NC(=O)[C@H](CC(C)C)NC(=O)[C@@H](N)CCSC)[C@@H](C)O)[C@@H](C)O)C(=O)N[C@@H](CC(C)C)C(=O)N[C@@H](CC(N)=O)C(=O)O. The highest BCUT2D eigenvalue weighted by Crippen LogP contribution is 2.17. The number of nitrogens with one attached hydrogen (secondary N) is 14. The molecule has 674 valence electrons. The maximum Gasteiger partial charge on any atom is 0.326 e. The Morgan fingerprint density at radius 2 is 0.798 bits per heavy atom. The van der Waals surface area contributed by atoms with Crippen molar-refractivity contribution in [2.75, 3.05) is 38.2 Å². The van der Waals surface area contributed by atoms with Crippen LogP contribution in [0, 0.1) is 23.7 Å². The van der Waals surface area contributed by atoms with Crippen LogP contribution >= 0.6 is 11.8 Å². The molecule has 0 aliphatic carbocycles. The number of carbonyl (C=O) groups excluding carboxylic acids is 15. The molecular formula is C73H131N25O20S. The van der Waals surface area contributed by atoms with Gasteiger partial charge in [0.1, 0.15) is 78.5 Å². The van der Waals surface area contributed by atoms with E-state index in [9.17, 15) is 97.1 Å². The Morgan fingerprint density at radius 3 is 1.18 bits per heavy atom. The Bertz CT molecular complexity index is 3530. The van der Waals surface area contributed by atoms with Crippen molar-refractivity contribution in [1.29, 1.82) is 0 Å². The number of nitrogens with zero attached hydrogens (tertiary/aromatic N) is 3. The first kappa shape index (κ1) is 106. The highest BCUT2D eigenvalue weighted by molar-refractivity contribution is 7.98. The summed E-state index contributed by atoms with van der Waals surface area (Å²) in [5.74, 6) is -18.4. The van der Waals surface area contributed by atoms with E-state index in [4.69, 9.17) is 45.9 Å². The number of aromatic amines is 1. The summed E-state index contributed by atoms with van der Waals surface area (Å²) in [6, 6.07) is -22.2. The molecule has 0 aliphatic rings. The van der Waals surface area contributed by atoms with Crippen LogP contribution < -0.4 is 115 Å². The van der Waals surface area contributed by atoms with E-state index in [2.05, 4.69) is 89.1 Å². The molecule has 1 aromatic heterocycles. The van der Waals surface area contributed by atoms with Crippen molar-refractivity contribution in [3.63, 3.8) is 0 Å². The number of thioether (sulfide) groups is 1. The van der Waals surface area contributed by atoms with Gasteiger partial charge < -0.3 is 140 Å². The number of aromatic nitrogens is 2. The Hall–Kier alpha value is -10.6. The molecule has 15 amide bonds. The standard InChI is InChI=1S/C73H131N25O20S/c1-12-38(8)55(68(114)93-49(29-37(6)7)65(111)94-51(71(117)118)31-54(77)103)96-69(115)57(40(10)101)98-70(116)56(39(9)100)97-62(108)45(19-16-25-84-73(80)81)86-59(105)43(17-13-14-23-74)88-67(113)52(33-99)95-61(107)46(20-21-53(76)102)89-66(112)50(30-41-32-82-34-85-41)92-64(110)48(28-36(4)5)91-60(106)44(18-15-24-83-72(78)79)87-63(109)47(27-35(2)3)90-58(104)42(75)22-26-119-11/h32,34-40,42-52,55-57,99-101H,12-31,33,74-75H2,1-11H3,(H2,76,102)(H2,77,103)(H,82,85)(H,86,105)(H,87,109)(H,88,113)(H,89,112)(H,90,104)(H,91,106)(H,92,110)(H,93,114)(H,94,111)(H,95,107)(H,96,115)(H,97,108)(H,98,116)(H,117,118)(H4,78,79,83)(H4,80,81,84)/t38-,39+,40+,42-,43-,44-,45-,46-,47-,48-,49-,50-,51-,52-,55-,56-,57-/m0/s1. The zero-order valence-electron chi connectivity index (χ0n) is 69.7. The van der Waals surface area contributed by atoms with Crippen molar-refractivity contribution in [3.8, 4) is 0 Å². The predicted molar refractivity (Wildman–Crippen MR) is 439 cm³/mol. The number of hydrogen-bond acceptors (Lipinski definition) is 25. The van der Waals surface area contributed by atoms with Crippen LogP contribution in [0.5, 0.6) is 0 Å². The van der Waals surface area contributed by atoms with E-state index in [0.717, 1.165) is 13.8 Å². The third kappa shape index (κ3) is 42.1. The minimum absolute atomic E-state index is 0.0250. The number of carbonyl (C=O) groups is 16. The van der Waals surface area contributed by atoms with E-state index >= 15 is 0 Å². The van der Waals surface area contributed by atoms with Gasteiger partial charge in [0.15, 0.2) is 11.9 Å². The average molecular weight is 1710 g/mol. The number of aliphatic carboxylic acids is 1. The number of primary amides is 2. The van der Waals surface area contributed by atoms with Crippen molar-refractivity contribution in [2.24, 2.45) is 79.5 Å². The van der Waals surface area contributed by atoms with Crippen molar-refractivity contribution < 1.29 is 97.1 Å². The number of hydrogen-bond donors (Lipinski definition) is 26. The first-order chi connectivity index (χ1) is 55.8. The summed E-state index contributed by atoms with van der Waals surface area (Å²) in [6.07, 6.45) is -0.974. The molecule has 1 rings (SSSR count). The molecule has 0 aromatic carbocycles. The number of aliphatic imine (C=N–C) groups is 2. The molecule has 1 heterocycles. The topological polar surface area (TPSA) is 772 Å². The van der Waals surface area contributed by atoms with Crippen molar-refractivity contribution in [1.82, 2.24) is 79.1 Å². The van der Waals surface area contributed by atoms with Gasteiger partial charge in [-0.3, -0.25) is 81.9 Å². The summed E-state index contributed by atoms with van der Waals surface area (Å²) in [4.78, 5) is 235. The summed E-state index contributed by atoms with van der Waals surface area (Å²) in [7, 11) is 0. The number of aliphatic hydroxyl groups is 3. The summed E-state index contributed by atoms with van der Waals surface area (Å²) in [5.41, 5.74) is 45.1. The van der Waals surface area contributed by atoms with Crippen LogP contribution in [0.15, 0.2) is 22.5 Å². The lowest BCUT2D eigenvalue weighted by atomic mass is 9.96. The first-order valence-corrected chi connectivity index (χ1v) is 40.9. The van der Waals surface area contributed by atoms with Crippen LogP contribution in [0.4, 0.5) is 0 Å². The molecule has 0 radical (unpaired) electrons. The largest absolute Gasteiger partial charge is 0.480 e. The highest BCUT2D eigenvalue weighted by atomic mass is 32.2. The van der Waals surface area contributed by atoms with E-state index in [-0.39, 0.29) is 132 Å². The van der Waals surface area contributed by atoms with Gasteiger partial charge in [-0.2, -0.15) is 11.8 Å². The predicted octanol–water partition coefficient (Wildman–Crippen LogP) is -8.26. The maximum atomic E-state index is 14.7. The molecule has 1 aromatic rings. The van der Waals surface area contributed by atoms with E-state index in [1.54, 1.807) is 41.5 Å². The molecule has 0 aliphatic heterocycles. The fourth-order valence-electron chi connectivity index (χ4n) is 11.7. The van der Waals surface area contributed by atoms with Gasteiger partial charge in [-0.15, -0.1) is 0 Å². The first-order valence-electron chi connectivity index (χ1n) is 39.5. The summed E-state index contributed by atoms with van der Waals surface area (Å²) in [5, 5.41) is 74.6. The summed E-state index contributed by atoms with van der Waals surface area (Å²) >= 11 is 1.48. The second-order valence-corrected chi connectivity index (χ2v) is 31.4. The van der Waals surface area contributed by atoms with Gasteiger partial charge in [0.2, 0.25) is 88.6 Å². The Labute approximate surface area is 696 Å². The fourth-order valence-corrected chi connectivity index (χ4v) is 12.2. The smallest absolute Gasteiger partial charge is 0.326 e. The van der Waals surface area contributed by atoms with Crippen LogP contribution in [0.2, 0.25) is 0 Å². The average Bonchev–Trinajstić information content (AvgIpc) is 1.72. The monoisotopic (exact) mass is 1710 g/mol. The van der Waals surface area contributed by atoms with Gasteiger partial charge in [0.05, 0.1) is 37.6 Å². The van der Waals surface area contributed by atoms with Gasteiger partial charge in [0.25, 0.3) is 0 Å². The zero-order valence-corrected chi connectivity index (χ0v) is 70.6. The molecule has 0 saturated heterocycles. The van der Waals surface area contributed by atoms with Crippen LogP contribution in [-0.4, -0.2) is 272 Å². The summed E-state index contributed by atoms with van der Waals surface area (Å²) < 4.78 is 0. The van der Waals surface area contributed by atoms with Crippen LogP contribution in [0.3, 0.4) is 0 Å². The summed E-state index contributed by atoms with van der Waals surface area (Å²) in [6.45, 7) is 14.7. The second kappa shape index (κ2) is 56.0. The van der Waals surface area contributed by atoms with Gasteiger partial charge in [0, 0.05) is 37.8 Å². The van der Waals surface area contributed by atoms with Gasteiger partial charge >= 0.3 is 5.97 Å². The van der Waals surface area contributed by atoms with Crippen molar-refractivity contribution in [3.05, 3.63) is 18.2 Å². The lowest BCUT2D eigenvalue weighted by molar-refractivity contribution is -0.144. The highest BCUT2D eigenvalue weighted by Gasteiger charge is 2.41. The number of carboxylic acid groups (broad SMARTS) is 1. The number of unbranched alkanes of at least 4 members (excludes halogenated alkanes) is 1. The van der Waals surface area contributed by atoms with E-state index in [1.807, 2.05) is 20.1 Å². The minimum atomic E-state index is -1.99. The van der Waals surface area contributed by atoms with Crippen LogP contribution in [0.25, 0.3) is 0 Å².